The first-order chi connectivity index (χ1) is 10.3. The van der Waals surface area contributed by atoms with E-state index in [0.717, 1.165) is 30.5 Å². The fourth-order valence-corrected chi connectivity index (χ4v) is 3.07. The van der Waals surface area contributed by atoms with Crippen LogP contribution < -0.4 is 11.1 Å². The number of nitrogens with one attached hydrogen (secondary N) is 2. The van der Waals surface area contributed by atoms with Gasteiger partial charge in [-0.2, -0.15) is 0 Å². The number of benzene rings is 1. The van der Waals surface area contributed by atoms with E-state index in [1.807, 2.05) is 42.5 Å². The lowest BCUT2D eigenvalue weighted by atomic mass is 10.0. The fourth-order valence-electron chi connectivity index (χ4n) is 3.07. The Balaban J connectivity index is 1.70. The fraction of sp³-hybridized carbons (Fsp3) is 0.353. The van der Waals surface area contributed by atoms with Gasteiger partial charge in [0.05, 0.1) is 0 Å². The largest absolute Gasteiger partial charge is 0.351 e. The molecule has 4 nitrogen and oxygen atoms in total. The highest BCUT2D eigenvalue weighted by atomic mass is 16.1. The minimum absolute atomic E-state index is 0.0393. The average molecular weight is 283 g/mol. The molecule has 2 atom stereocenters. The third kappa shape index (κ3) is 3.00. The average Bonchev–Trinajstić information content (AvgIpc) is 3.17. The second kappa shape index (κ2) is 6.14. The van der Waals surface area contributed by atoms with Crippen molar-refractivity contribution in [2.24, 2.45) is 11.7 Å². The van der Waals surface area contributed by atoms with Crippen LogP contribution in [0.5, 0.6) is 0 Å². The van der Waals surface area contributed by atoms with Crippen LogP contribution in [0.3, 0.4) is 0 Å². The molecular formula is C17H21N3O. The van der Waals surface area contributed by atoms with Crippen molar-refractivity contribution in [2.75, 3.05) is 6.54 Å². The van der Waals surface area contributed by atoms with E-state index in [9.17, 15) is 4.79 Å². The summed E-state index contributed by atoms with van der Waals surface area (Å²) in [5.41, 5.74) is 8.41. The third-order valence-electron chi connectivity index (χ3n) is 4.29. The predicted octanol–water partition coefficient (Wildman–Crippen LogP) is 2.54. The molecule has 0 saturated heterocycles. The molecule has 1 aliphatic rings. The monoisotopic (exact) mass is 283 g/mol. The molecule has 110 valence electrons. The summed E-state index contributed by atoms with van der Waals surface area (Å²) in [7, 11) is 0. The van der Waals surface area contributed by atoms with Gasteiger partial charge in [-0.25, -0.2) is 0 Å². The first-order valence-corrected chi connectivity index (χ1v) is 7.53. The number of carbonyl (C=O) groups is 1. The van der Waals surface area contributed by atoms with E-state index in [1.54, 1.807) is 0 Å². The molecule has 1 heterocycles. The van der Waals surface area contributed by atoms with Gasteiger partial charge in [-0.3, -0.25) is 4.79 Å². The maximum atomic E-state index is 12.3. The zero-order chi connectivity index (χ0) is 14.7. The molecule has 21 heavy (non-hydrogen) atoms. The molecule has 2 unspecified atom stereocenters. The zero-order valence-corrected chi connectivity index (χ0v) is 12.0. The van der Waals surface area contributed by atoms with Crippen molar-refractivity contribution in [3.63, 3.8) is 0 Å². The van der Waals surface area contributed by atoms with Gasteiger partial charge >= 0.3 is 0 Å². The molecule has 4 heteroatoms. The molecule has 1 aromatic heterocycles. The van der Waals surface area contributed by atoms with Crippen molar-refractivity contribution >= 4 is 5.91 Å². The first-order valence-electron chi connectivity index (χ1n) is 7.53. The lowest BCUT2D eigenvalue weighted by Gasteiger charge is -2.18. The summed E-state index contributed by atoms with van der Waals surface area (Å²) in [5, 5.41) is 3.11. The standard InChI is InChI=1S/C17H21N3O/c18-11-13-7-4-8-14(13)20-17(21)16-10-9-15(19-16)12-5-2-1-3-6-12/h1-3,5-6,9-10,13-14,19H,4,7-8,11,18H2,(H,20,21). The van der Waals surface area contributed by atoms with Crippen molar-refractivity contribution < 1.29 is 4.79 Å². The van der Waals surface area contributed by atoms with Gasteiger partial charge in [0.25, 0.3) is 5.91 Å². The van der Waals surface area contributed by atoms with Crippen LogP contribution in [0.25, 0.3) is 11.3 Å². The van der Waals surface area contributed by atoms with Gasteiger partial charge in [0.2, 0.25) is 0 Å². The van der Waals surface area contributed by atoms with Crippen LogP contribution in [0.2, 0.25) is 0 Å². The molecule has 1 saturated carbocycles. The van der Waals surface area contributed by atoms with Crippen molar-refractivity contribution in [3.05, 3.63) is 48.2 Å². The Labute approximate surface area is 124 Å². The minimum atomic E-state index is -0.0393. The minimum Gasteiger partial charge on any atom is -0.351 e. The van der Waals surface area contributed by atoms with Gasteiger partial charge in [-0.05, 0) is 43.0 Å². The highest BCUT2D eigenvalue weighted by Crippen LogP contribution is 2.25. The van der Waals surface area contributed by atoms with Crippen LogP contribution in [0.15, 0.2) is 42.5 Å². The van der Waals surface area contributed by atoms with E-state index in [0.29, 0.717) is 18.2 Å². The Morgan fingerprint density at radius 2 is 2.00 bits per heavy atom. The molecule has 0 radical (unpaired) electrons. The van der Waals surface area contributed by atoms with E-state index in [4.69, 9.17) is 5.73 Å². The van der Waals surface area contributed by atoms with Crippen LogP contribution >= 0.6 is 0 Å². The van der Waals surface area contributed by atoms with Crippen molar-refractivity contribution in [1.82, 2.24) is 10.3 Å². The summed E-state index contributed by atoms with van der Waals surface area (Å²) in [6.07, 6.45) is 3.29. The Bertz CT molecular complexity index is 606. The molecule has 2 aromatic rings. The summed E-state index contributed by atoms with van der Waals surface area (Å²) in [5.74, 6) is 0.375. The lowest BCUT2D eigenvalue weighted by molar-refractivity contribution is 0.0924. The molecule has 1 amide bonds. The zero-order valence-electron chi connectivity index (χ0n) is 12.0. The van der Waals surface area contributed by atoms with E-state index >= 15 is 0 Å². The second-order valence-electron chi connectivity index (χ2n) is 5.66. The van der Waals surface area contributed by atoms with Gasteiger partial charge in [0.15, 0.2) is 0 Å². The highest BCUT2D eigenvalue weighted by Gasteiger charge is 2.27. The van der Waals surface area contributed by atoms with E-state index < -0.39 is 0 Å². The Hall–Kier alpha value is -2.07. The number of H-pyrrole nitrogens is 1. The van der Waals surface area contributed by atoms with Crippen LogP contribution in [-0.4, -0.2) is 23.5 Å². The molecule has 0 spiro atoms. The summed E-state index contributed by atoms with van der Waals surface area (Å²) < 4.78 is 0. The molecule has 0 aliphatic heterocycles. The SMILES string of the molecule is NCC1CCCC1NC(=O)c1ccc(-c2ccccc2)[nH]1. The van der Waals surface area contributed by atoms with Gasteiger partial charge in [-0.15, -0.1) is 0 Å². The molecular weight excluding hydrogens is 262 g/mol. The molecule has 1 aliphatic carbocycles. The summed E-state index contributed by atoms with van der Waals surface area (Å²) >= 11 is 0. The second-order valence-corrected chi connectivity index (χ2v) is 5.66. The molecule has 0 bridgehead atoms. The van der Waals surface area contributed by atoms with Gasteiger partial charge in [0, 0.05) is 11.7 Å². The number of carbonyl (C=O) groups excluding carboxylic acids is 1. The number of aromatic amines is 1. The summed E-state index contributed by atoms with van der Waals surface area (Å²) in [4.78, 5) is 15.5. The third-order valence-corrected chi connectivity index (χ3v) is 4.29. The summed E-state index contributed by atoms with van der Waals surface area (Å²) in [6.45, 7) is 0.644. The number of hydrogen-bond acceptors (Lipinski definition) is 2. The van der Waals surface area contributed by atoms with Gasteiger partial charge in [-0.1, -0.05) is 36.8 Å². The quantitative estimate of drug-likeness (QED) is 0.807. The number of nitrogens with two attached hydrogens (primary N) is 1. The smallest absolute Gasteiger partial charge is 0.267 e. The number of hydrogen-bond donors (Lipinski definition) is 3. The van der Waals surface area contributed by atoms with Crippen LogP contribution in [0, 0.1) is 5.92 Å². The number of aromatic nitrogens is 1. The van der Waals surface area contributed by atoms with E-state index in [1.165, 1.54) is 0 Å². The van der Waals surface area contributed by atoms with Crippen molar-refractivity contribution in [1.29, 1.82) is 0 Å². The van der Waals surface area contributed by atoms with E-state index in [-0.39, 0.29) is 11.9 Å². The van der Waals surface area contributed by atoms with Crippen LogP contribution in [-0.2, 0) is 0 Å². The predicted molar refractivity (Wildman–Crippen MR) is 83.9 cm³/mol. The Kier molecular flexibility index (Phi) is 4.06. The van der Waals surface area contributed by atoms with Gasteiger partial charge in [0.1, 0.15) is 5.69 Å². The van der Waals surface area contributed by atoms with E-state index in [2.05, 4.69) is 10.3 Å². The molecule has 1 aromatic carbocycles. The maximum absolute atomic E-state index is 12.3. The summed E-state index contributed by atoms with van der Waals surface area (Å²) in [6, 6.07) is 14.0. The molecule has 4 N–H and O–H groups in total. The van der Waals surface area contributed by atoms with Gasteiger partial charge < -0.3 is 16.0 Å². The maximum Gasteiger partial charge on any atom is 0.267 e. The molecule has 3 rings (SSSR count). The normalized spacial score (nSPS) is 21.4. The van der Waals surface area contributed by atoms with Crippen molar-refractivity contribution in [2.45, 2.75) is 25.3 Å². The number of amides is 1. The molecule has 1 fully saturated rings. The Morgan fingerprint density at radius 3 is 2.76 bits per heavy atom. The van der Waals surface area contributed by atoms with Crippen LogP contribution in [0.1, 0.15) is 29.8 Å². The first kappa shape index (κ1) is 13.9. The number of rotatable bonds is 4. The topological polar surface area (TPSA) is 70.9 Å². The highest BCUT2D eigenvalue weighted by molar-refractivity contribution is 5.93. The Morgan fingerprint density at radius 1 is 1.19 bits per heavy atom. The lowest BCUT2D eigenvalue weighted by Crippen LogP contribution is -2.40. The van der Waals surface area contributed by atoms with Crippen molar-refractivity contribution in [3.8, 4) is 11.3 Å². The van der Waals surface area contributed by atoms with Crippen LogP contribution in [0.4, 0.5) is 0 Å².